The highest BCUT2D eigenvalue weighted by Gasteiger charge is 2.06. The van der Waals surface area contributed by atoms with E-state index in [1.54, 1.807) is 25.4 Å². The number of aromatic nitrogens is 1. The van der Waals surface area contributed by atoms with Crippen molar-refractivity contribution in [1.82, 2.24) is 15.6 Å². The van der Waals surface area contributed by atoms with Crippen LogP contribution < -0.4 is 10.6 Å². The van der Waals surface area contributed by atoms with Crippen LogP contribution in [0.5, 0.6) is 0 Å². The smallest absolute Gasteiger partial charge is 0.190 e. The summed E-state index contributed by atoms with van der Waals surface area (Å²) in [5.74, 6) is 0.394. The van der Waals surface area contributed by atoms with E-state index < -0.39 is 0 Å². The second-order valence-electron chi connectivity index (χ2n) is 4.95. The SMILES string of the molecule is CN=C(NCCc1ccccn1)NCCc1c(F)cccc1Cl. The number of aliphatic imine (C=N–C) groups is 1. The van der Waals surface area contributed by atoms with Gasteiger partial charge in [0.1, 0.15) is 5.82 Å². The Morgan fingerprint density at radius 1 is 1.13 bits per heavy atom. The summed E-state index contributed by atoms with van der Waals surface area (Å²) < 4.78 is 13.7. The standard InChI is InChI=1S/C17H20ClFN4/c1-20-17(22-11-8-13-5-2-3-10-21-13)23-12-9-14-15(18)6-4-7-16(14)19/h2-7,10H,8-9,11-12H2,1H3,(H2,20,22,23). The van der Waals surface area contributed by atoms with Crippen LogP contribution in [0.2, 0.25) is 5.02 Å². The lowest BCUT2D eigenvalue weighted by Crippen LogP contribution is -2.39. The number of pyridine rings is 1. The monoisotopic (exact) mass is 334 g/mol. The zero-order valence-electron chi connectivity index (χ0n) is 13.0. The molecule has 0 fully saturated rings. The number of guanidine groups is 1. The van der Waals surface area contributed by atoms with Crippen LogP contribution in [-0.4, -0.2) is 31.1 Å². The summed E-state index contributed by atoms with van der Waals surface area (Å²) in [4.78, 5) is 8.41. The minimum atomic E-state index is -0.280. The molecule has 0 atom stereocenters. The van der Waals surface area contributed by atoms with Crippen molar-refractivity contribution in [3.8, 4) is 0 Å². The number of rotatable bonds is 6. The molecule has 0 aliphatic rings. The van der Waals surface area contributed by atoms with Gasteiger partial charge in [-0.05, 0) is 30.7 Å². The topological polar surface area (TPSA) is 49.3 Å². The lowest BCUT2D eigenvalue weighted by atomic mass is 10.1. The molecular weight excluding hydrogens is 315 g/mol. The first kappa shape index (κ1) is 17.2. The molecule has 2 aromatic rings. The molecule has 0 bridgehead atoms. The Labute approximate surface area is 140 Å². The fourth-order valence-electron chi connectivity index (χ4n) is 2.15. The average Bonchev–Trinajstić information content (AvgIpc) is 2.57. The van der Waals surface area contributed by atoms with E-state index in [1.807, 2.05) is 18.2 Å². The normalized spacial score (nSPS) is 11.3. The van der Waals surface area contributed by atoms with Crippen molar-refractivity contribution < 1.29 is 4.39 Å². The summed E-state index contributed by atoms with van der Waals surface area (Å²) in [5.41, 5.74) is 1.54. The summed E-state index contributed by atoms with van der Waals surface area (Å²) in [6, 6.07) is 10.6. The molecular formula is C17H20ClFN4. The lowest BCUT2D eigenvalue weighted by Gasteiger charge is -2.12. The van der Waals surface area contributed by atoms with Gasteiger partial charge in [-0.25, -0.2) is 4.39 Å². The van der Waals surface area contributed by atoms with Crippen LogP contribution in [0.25, 0.3) is 0 Å². The zero-order valence-corrected chi connectivity index (χ0v) is 13.8. The molecule has 122 valence electrons. The second kappa shape index (κ2) is 9.10. The first-order chi connectivity index (χ1) is 11.2. The highest BCUT2D eigenvalue weighted by atomic mass is 35.5. The summed E-state index contributed by atoms with van der Waals surface area (Å²) >= 11 is 6.01. The van der Waals surface area contributed by atoms with E-state index in [0.29, 0.717) is 29.5 Å². The Morgan fingerprint density at radius 2 is 1.91 bits per heavy atom. The Morgan fingerprint density at radius 3 is 2.57 bits per heavy atom. The Balaban J connectivity index is 1.75. The molecule has 1 aromatic heterocycles. The van der Waals surface area contributed by atoms with Gasteiger partial charge in [0.2, 0.25) is 0 Å². The number of hydrogen-bond donors (Lipinski definition) is 2. The van der Waals surface area contributed by atoms with Crippen LogP contribution in [-0.2, 0) is 12.8 Å². The van der Waals surface area contributed by atoms with E-state index >= 15 is 0 Å². The molecule has 0 saturated carbocycles. The molecule has 0 aliphatic carbocycles. The van der Waals surface area contributed by atoms with Gasteiger partial charge in [-0.15, -0.1) is 0 Å². The Hall–Kier alpha value is -2.14. The van der Waals surface area contributed by atoms with Gasteiger partial charge in [-0.2, -0.15) is 0 Å². The summed E-state index contributed by atoms with van der Waals surface area (Å²) in [5, 5.41) is 6.81. The lowest BCUT2D eigenvalue weighted by molar-refractivity contribution is 0.607. The summed E-state index contributed by atoms with van der Waals surface area (Å²) in [7, 11) is 1.70. The molecule has 0 unspecified atom stereocenters. The molecule has 2 N–H and O–H groups in total. The van der Waals surface area contributed by atoms with E-state index in [9.17, 15) is 4.39 Å². The highest BCUT2D eigenvalue weighted by molar-refractivity contribution is 6.31. The first-order valence-corrected chi connectivity index (χ1v) is 7.86. The number of hydrogen-bond acceptors (Lipinski definition) is 2. The van der Waals surface area contributed by atoms with Crippen LogP contribution in [0.4, 0.5) is 4.39 Å². The molecule has 0 saturated heterocycles. The van der Waals surface area contributed by atoms with Crippen molar-refractivity contribution in [3.05, 3.63) is 64.7 Å². The van der Waals surface area contributed by atoms with E-state index in [-0.39, 0.29) is 5.82 Å². The predicted octanol–water partition coefficient (Wildman–Crippen LogP) is 2.82. The second-order valence-corrected chi connectivity index (χ2v) is 5.35. The van der Waals surface area contributed by atoms with E-state index in [2.05, 4.69) is 20.6 Å². The molecule has 23 heavy (non-hydrogen) atoms. The van der Waals surface area contributed by atoms with E-state index in [1.165, 1.54) is 6.07 Å². The minimum absolute atomic E-state index is 0.280. The first-order valence-electron chi connectivity index (χ1n) is 7.48. The molecule has 1 heterocycles. The minimum Gasteiger partial charge on any atom is -0.356 e. The molecule has 0 aliphatic heterocycles. The average molecular weight is 335 g/mol. The maximum Gasteiger partial charge on any atom is 0.190 e. The highest BCUT2D eigenvalue weighted by Crippen LogP contribution is 2.18. The predicted molar refractivity (Wildman–Crippen MR) is 92.4 cm³/mol. The van der Waals surface area contributed by atoms with Crippen molar-refractivity contribution >= 4 is 17.6 Å². The Kier molecular flexibility index (Phi) is 6.81. The molecule has 0 radical (unpaired) electrons. The van der Waals surface area contributed by atoms with Gasteiger partial charge in [-0.1, -0.05) is 23.7 Å². The van der Waals surface area contributed by atoms with Crippen LogP contribution in [0, 0.1) is 5.82 Å². The third kappa shape index (κ3) is 5.53. The third-order valence-corrected chi connectivity index (χ3v) is 3.71. The van der Waals surface area contributed by atoms with E-state index in [4.69, 9.17) is 11.6 Å². The Bertz CT molecular complexity index is 626. The van der Waals surface area contributed by atoms with Crippen LogP contribution in [0.15, 0.2) is 47.6 Å². The molecule has 0 amide bonds. The van der Waals surface area contributed by atoms with Gasteiger partial charge >= 0.3 is 0 Å². The van der Waals surface area contributed by atoms with Crippen molar-refractivity contribution in [2.45, 2.75) is 12.8 Å². The van der Waals surface area contributed by atoms with Gasteiger partial charge in [0.25, 0.3) is 0 Å². The third-order valence-electron chi connectivity index (χ3n) is 3.35. The maximum atomic E-state index is 13.7. The molecule has 4 nitrogen and oxygen atoms in total. The van der Waals surface area contributed by atoms with Gasteiger partial charge in [0.15, 0.2) is 5.96 Å². The van der Waals surface area contributed by atoms with Crippen molar-refractivity contribution in [2.24, 2.45) is 4.99 Å². The molecule has 6 heteroatoms. The maximum absolute atomic E-state index is 13.7. The van der Waals surface area contributed by atoms with Crippen molar-refractivity contribution in [2.75, 3.05) is 20.1 Å². The molecule has 1 aromatic carbocycles. The summed E-state index contributed by atoms with van der Waals surface area (Å²) in [6.07, 6.45) is 3.08. The molecule has 2 rings (SSSR count). The fourth-order valence-corrected chi connectivity index (χ4v) is 2.41. The van der Waals surface area contributed by atoms with Gasteiger partial charge < -0.3 is 10.6 Å². The van der Waals surface area contributed by atoms with E-state index in [0.717, 1.165) is 18.7 Å². The van der Waals surface area contributed by atoms with Crippen molar-refractivity contribution in [3.63, 3.8) is 0 Å². The number of nitrogens with one attached hydrogen (secondary N) is 2. The van der Waals surface area contributed by atoms with Crippen LogP contribution in [0.3, 0.4) is 0 Å². The quantitative estimate of drug-likeness (QED) is 0.631. The number of benzene rings is 1. The number of halogens is 2. The largest absolute Gasteiger partial charge is 0.356 e. The summed E-state index contributed by atoms with van der Waals surface area (Å²) in [6.45, 7) is 1.26. The van der Waals surface area contributed by atoms with Crippen LogP contribution >= 0.6 is 11.6 Å². The van der Waals surface area contributed by atoms with Gasteiger partial charge in [0, 0.05) is 49.0 Å². The fraction of sp³-hybridized carbons (Fsp3) is 0.294. The van der Waals surface area contributed by atoms with Gasteiger partial charge in [-0.3, -0.25) is 9.98 Å². The molecule has 0 spiro atoms. The zero-order chi connectivity index (χ0) is 16.5. The van der Waals surface area contributed by atoms with Crippen molar-refractivity contribution in [1.29, 1.82) is 0 Å². The van der Waals surface area contributed by atoms with Gasteiger partial charge in [0.05, 0.1) is 0 Å². The number of nitrogens with zero attached hydrogens (tertiary/aromatic N) is 2. The van der Waals surface area contributed by atoms with Crippen LogP contribution in [0.1, 0.15) is 11.3 Å².